The molecule has 1 heteroatoms. The third kappa shape index (κ3) is 9.95. The number of benzene rings is 1. The van der Waals surface area contributed by atoms with E-state index in [1.165, 1.54) is 9.80 Å². The first-order chi connectivity index (χ1) is 8.36. The van der Waals surface area contributed by atoms with E-state index >= 15 is 0 Å². The predicted molar refractivity (Wildman–Crippen MR) is 83.6 cm³/mol. The Kier molecular flexibility index (Phi) is 16.3. The highest BCUT2D eigenvalue weighted by Crippen LogP contribution is 2.26. The second-order valence-corrected chi connectivity index (χ2v) is 3.78. The summed E-state index contributed by atoms with van der Waals surface area (Å²) in [7, 11) is 0. The van der Waals surface area contributed by atoms with Crippen LogP contribution >= 0.6 is 11.8 Å². The van der Waals surface area contributed by atoms with E-state index in [2.05, 4.69) is 43.8 Å². The predicted octanol–water partition coefficient (Wildman–Crippen LogP) is 6.31. The minimum atomic E-state index is 1.06. The monoisotopic (exact) mass is 250 g/mol. The Labute approximate surface area is 112 Å². The van der Waals surface area contributed by atoms with Gasteiger partial charge in [0.1, 0.15) is 0 Å². The first-order valence-corrected chi connectivity index (χ1v) is 7.24. The van der Waals surface area contributed by atoms with Crippen LogP contribution in [0.5, 0.6) is 0 Å². The van der Waals surface area contributed by atoms with Gasteiger partial charge in [0.05, 0.1) is 0 Å². The van der Waals surface area contributed by atoms with E-state index in [1.807, 2.05) is 39.8 Å². The van der Waals surface area contributed by atoms with E-state index in [4.69, 9.17) is 0 Å². The average molecular weight is 250 g/mol. The van der Waals surface area contributed by atoms with Crippen LogP contribution in [-0.4, -0.2) is 0 Å². The van der Waals surface area contributed by atoms with Crippen LogP contribution in [-0.2, 0) is 0 Å². The van der Waals surface area contributed by atoms with Gasteiger partial charge in [0.25, 0.3) is 0 Å². The summed E-state index contributed by atoms with van der Waals surface area (Å²) in [4.78, 5) is 2.50. The highest BCUT2D eigenvalue weighted by atomic mass is 32.2. The molecule has 1 aromatic rings. The van der Waals surface area contributed by atoms with E-state index in [0.29, 0.717) is 0 Å². The van der Waals surface area contributed by atoms with Crippen molar-refractivity contribution in [2.75, 3.05) is 0 Å². The Hall–Kier alpha value is -0.950. The topological polar surface area (TPSA) is 0 Å². The molecule has 0 aromatic heterocycles. The summed E-state index contributed by atoms with van der Waals surface area (Å²) in [5, 5.41) is 0. The van der Waals surface area contributed by atoms with Crippen molar-refractivity contribution in [1.29, 1.82) is 0 Å². The maximum Gasteiger partial charge on any atom is 0.0122 e. The molecule has 0 unspecified atom stereocenters. The molecule has 0 radical (unpaired) electrons. The lowest BCUT2D eigenvalue weighted by Gasteiger charge is -2.00. The summed E-state index contributed by atoms with van der Waals surface area (Å²) >= 11 is 1.76. The van der Waals surface area contributed by atoms with Crippen molar-refractivity contribution in [2.45, 2.75) is 45.9 Å². The van der Waals surface area contributed by atoms with E-state index in [-0.39, 0.29) is 0 Å². The van der Waals surface area contributed by atoms with Crippen molar-refractivity contribution >= 4 is 11.8 Å². The first kappa shape index (κ1) is 18.4. The summed E-state index contributed by atoms with van der Waals surface area (Å²) < 4.78 is 0. The molecule has 0 saturated carbocycles. The average Bonchev–Trinajstić information content (AvgIpc) is 2.44. The summed E-state index contributed by atoms with van der Waals surface area (Å²) in [6, 6.07) is 10.3. The molecule has 0 atom stereocenters. The molecule has 0 aliphatic rings. The largest absolute Gasteiger partial charge is 0.0980 e. The van der Waals surface area contributed by atoms with Crippen molar-refractivity contribution in [2.24, 2.45) is 0 Å². The van der Waals surface area contributed by atoms with Gasteiger partial charge < -0.3 is 0 Å². The smallest absolute Gasteiger partial charge is 0.0122 e. The quantitative estimate of drug-likeness (QED) is 0.445. The molecule has 0 bridgehead atoms. The van der Waals surface area contributed by atoms with Gasteiger partial charge in [0, 0.05) is 9.80 Å². The van der Waals surface area contributed by atoms with E-state index in [0.717, 1.165) is 6.42 Å². The molecule has 0 N–H and O–H groups in total. The summed E-state index contributed by atoms with van der Waals surface area (Å²) in [6.07, 6.45) is 5.15. The van der Waals surface area contributed by atoms with Gasteiger partial charge in [0.2, 0.25) is 0 Å². The lowest BCUT2D eigenvalue weighted by atomic mass is 10.4. The molecule has 0 aliphatic carbocycles. The third-order valence-electron chi connectivity index (χ3n) is 1.59. The first-order valence-electron chi connectivity index (χ1n) is 6.42. The second-order valence-electron chi connectivity index (χ2n) is 2.63. The molecule has 0 aliphatic heterocycles. The van der Waals surface area contributed by atoms with Gasteiger partial charge >= 0.3 is 0 Å². The van der Waals surface area contributed by atoms with Crippen molar-refractivity contribution in [3.63, 3.8) is 0 Å². The molecule has 96 valence electrons. The molecule has 0 fully saturated rings. The maximum absolute atomic E-state index is 3.79. The number of hydrogen-bond acceptors (Lipinski definition) is 1. The molecule has 1 aromatic carbocycles. The molecular formula is C16H26S. The van der Waals surface area contributed by atoms with Crippen LogP contribution in [0.25, 0.3) is 0 Å². The van der Waals surface area contributed by atoms with Crippen molar-refractivity contribution in [1.82, 2.24) is 0 Å². The van der Waals surface area contributed by atoms with Gasteiger partial charge in [-0.15, -0.1) is 0 Å². The number of rotatable bonds is 4. The fourth-order valence-electron chi connectivity index (χ4n) is 0.992. The Morgan fingerprint density at radius 2 is 1.65 bits per heavy atom. The minimum Gasteiger partial charge on any atom is -0.0980 e. The molecule has 0 amide bonds. The Morgan fingerprint density at radius 3 is 2.06 bits per heavy atom. The van der Waals surface area contributed by atoms with Crippen LogP contribution in [0.2, 0.25) is 0 Å². The van der Waals surface area contributed by atoms with E-state index in [1.54, 1.807) is 11.8 Å². The normalized spacial score (nSPS) is 9.35. The van der Waals surface area contributed by atoms with Gasteiger partial charge in [0.15, 0.2) is 0 Å². The van der Waals surface area contributed by atoms with Crippen LogP contribution < -0.4 is 0 Å². The molecule has 0 spiro atoms. The third-order valence-corrected chi connectivity index (χ3v) is 2.66. The van der Waals surface area contributed by atoms with Crippen LogP contribution in [0.15, 0.2) is 58.9 Å². The standard InChI is InChI=1S/C12H14S.2C2H6/c1-3-8-11(4-2)13-12-9-6-5-7-10-12;2*1-2/h4-10H,2-3H2,1H3;2*1-2H3/b11-8+;;. The maximum atomic E-state index is 3.79. The molecular weight excluding hydrogens is 224 g/mol. The van der Waals surface area contributed by atoms with Gasteiger partial charge in [-0.25, -0.2) is 0 Å². The minimum absolute atomic E-state index is 1.06. The van der Waals surface area contributed by atoms with Crippen LogP contribution in [0.1, 0.15) is 41.0 Å². The SMILES string of the molecule is C=C/C(=C\CC)Sc1ccccc1.CC.CC. The van der Waals surface area contributed by atoms with Gasteiger partial charge in [-0.05, 0) is 18.6 Å². The summed E-state index contributed by atoms with van der Waals surface area (Å²) in [5.74, 6) is 0. The van der Waals surface area contributed by atoms with Gasteiger partial charge in [-0.2, -0.15) is 0 Å². The second kappa shape index (κ2) is 15.0. The number of thioether (sulfide) groups is 1. The number of hydrogen-bond donors (Lipinski definition) is 0. The Morgan fingerprint density at radius 1 is 1.12 bits per heavy atom. The van der Waals surface area contributed by atoms with Crippen molar-refractivity contribution in [3.05, 3.63) is 54.0 Å². The molecule has 17 heavy (non-hydrogen) atoms. The zero-order chi connectivity index (χ0) is 13.5. The highest BCUT2D eigenvalue weighted by molar-refractivity contribution is 8.03. The lowest BCUT2D eigenvalue weighted by molar-refractivity contribution is 1.22. The zero-order valence-corrected chi connectivity index (χ0v) is 12.7. The number of allylic oxidation sites excluding steroid dienone is 2. The molecule has 0 saturated heterocycles. The highest BCUT2D eigenvalue weighted by Gasteiger charge is 1.94. The van der Waals surface area contributed by atoms with Crippen molar-refractivity contribution < 1.29 is 0 Å². The summed E-state index contributed by atoms with van der Waals surface area (Å²) in [6.45, 7) is 13.9. The fraction of sp³-hybridized carbons (Fsp3) is 0.375. The molecule has 0 nitrogen and oxygen atoms in total. The Bertz CT molecular complexity index is 286. The lowest BCUT2D eigenvalue weighted by Crippen LogP contribution is -1.72. The van der Waals surface area contributed by atoms with Gasteiger partial charge in [-0.3, -0.25) is 0 Å². The van der Waals surface area contributed by atoms with Crippen LogP contribution in [0.4, 0.5) is 0 Å². The van der Waals surface area contributed by atoms with E-state index < -0.39 is 0 Å². The van der Waals surface area contributed by atoms with E-state index in [9.17, 15) is 0 Å². The molecule has 1 rings (SSSR count). The van der Waals surface area contributed by atoms with Crippen molar-refractivity contribution in [3.8, 4) is 0 Å². The van der Waals surface area contributed by atoms with Gasteiger partial charge in [-0.1, -0.05) is 83.3 Å². The molecule has 0 heterocycles. The summed E-state index contributed by atoms with van der Waals surface area (Å²) in [5.41, 5.74) is 0. The Balaban J connectivity index is 0. The van der Waals surface area contributed by atoms with Crippen LogP contribution in [0, 0.1) is 0 Å². The fourth-order valence-corrected chi connectivity index (χ4v) is 1.89. The zero-order valence-electron chi connectivity index (χ0n) is 11.9. The van der Waals surface area contributed by atoms with Crippen LogP contribution in [0.3, 0.4) is 0 Å².